The van der Waals surface area contributed by atoms with Gasteiger partial charge in [0.25, 0.3) is 5.91 Å². The van der Waals surface area contributed by atoms with E-state index in [0.29, 0.717) is 23.3 Å². The standard InChI is InChI=1S/C15H12N4O2/c20-14(19-8-6-9-3-1-2-4-11(9)19)10-5-7-16-13-12(10)17-15(21)18-13/h1-5,7H,6,8H2,(H2,16,17,18,21). The molecule has 2 N–H and O–H groups in total. The molecule has 0 bridgehead atoms. The second-order valence-corrected chi connectivity index (χ2v) is 5.00. The fourth-order valence-electron chi connectivity index (χ4n) is 2.81. The highest BCUT2D eigenvalue weighted by molar-refractivity contribution is 6.13. The van der Waals surface area contributed by atoms with Gasteiger partial charge in [0.15, 0.2) is 5.65 Å². The highest BCUT2D eigenvalue weighted by Crippen LogP contribution is 2.29. The van der Waals surface area contributed by atoms with Crippen LogP contribution in [0.15, 0.2) is 41.3 Å². The molecule has 21 heavy (non-hydrogen) atoms. The first-order valence-corrected chi connectivity index (χ1v) is 6.71. The van der Waals surface area contributed by atoms with Gasteiger partial charge in [0.05, 0.1) is 11.1 Å². The number of para-hydroxylation sites is 1. The van der Waals surface area contributed by atoms with Crippen LogP contribution in [0, 0.1) is 0 Å². The summed E-state index contributed by atoms with van der Waals surface area (Å²) in [5.41, 5.74) is 3.05. The zero-order valence-corrected chi connectivity index (χ0v) is 11.1. The molecule has 1 aliphatic rings. The summed E-state index contributed by atoms with van der Waals surface area (Å²) in [5, 5.41) is 0. The maximum absolute atomic E-state index is 12.8. The third-order valence-electron chi connectivity index (χ3n) is 3.78. The van der Waals surface area contributed by atoms with Crippen molar-refractivity contribution < 1.29 is 4.79 Å². The Labute approximate surface area is 119 Å². The van der Waals surface area contributed by atoms with Gasteiger partial charge >= 0.3 is 5.69 Å². The number of anilines is 1. The van der Waals surface area contributed by atoms with E-state index in [2.05, 4.69) is 15.0 Å². The van der Waals surface area contributed by atoms with Gasteiger partial charge in [-0.3, -0.25) is 9.78 Å². The van der Waals surface area contributed by atoms with Crippen molar-refractivity contribution in [3.05, 3.63) is 58.1 Å². The normalized spacial score (nSPS) is 13.6. The van der Waals surface area contributed by atoms with Gasteiger partial charge in [0.1, 0.15) is 0 Å². The molecule has 0 saturated carbocycles. The SMILES string of the molecule is O=C(c1ccnc2[nH]c(=O)[nH]c12)N1CCc2ccccc21. The second-order valence-electron chi connectivity index (χ2n) is 5.00. The van der Waals surface area contributed by atoms with E-state index in [4.69, 9.17) is 0 Å². The number of hydrogen-bond donors (Lipinski definition) is 2. The molecule has 2 aromatic heterocycles. The Morgan fingerprint density at radius 3 is 2.95 bits per heavy atom. The van der Waals surface area contributed by atoms with E-state index in [1.54, 1.807) is 11.0 Å². The van der Waals surface area contributed by atoms with Crippen LogP contribution in [-0.4, -0.2) is 27.4 Å². The molecule has 3 heterocycles. The van der Waals surface area contributed by atoms with Crippen LogP contribution < -0.4 is 10.6 Å². The molecule has 4 rings (SSSR count). The summed E-state index contributed by atoms with van der Waals surface area (Å²) in [6.07, 6.45) is 2.38. The third-order valence-corrected chi connectivity index (χ3v) is 3.78. The number of pyridine rings is 1. The van der Waals surface area contributed by atoms with Crippen molar-refractivity contribution >= 4 is 22.8 Å². The molecule has 1 aliphatic heterocycles. The molecule has 0 saturated heterocycles. The highest BCUT2D eigenvalue weighted by atomic mass is 16.2. The first kappa shape index (κ1) is 11.9. The molecule has 6 nitrogen and oxygen atoms in total. The lowest BCUT2D eigenvalue weighted by molar-refractivity contribution is 0.0990. The minimum Gasteiger partial charge on any atom is -0.308 e. The smallest absolute Gasteiger partial charge is 0.308 e. The van der Waals surface area contributed by atoms with Crippen LogP contribution in [0.4, 0.5) is 5.69 Å². The molecule has 0 atom stereocenters. The second kappa shape index (κ2) is 4.31. The molecule has 0 spiro atoms. The summed E-state index contributed by atoms with van der Waals surface area (Å²) >= 11 is 0. The number of aromatic nitrogens is 3. The topological polar surface area (TPSA) is 81.8 Å². The highest BCUT2D eigenvalue weighted by Gasteiger charge is 2.26. The fourth-order valence-corrected chi connectivity index (χ4v) is 2.81. The van der Waals surface area contributed by atoms with Crippen molar-refractivity contribution in [3.8, 4) is 0 Å². The van der Waals surface area contributed by atoms with Crippen molar-refractivity contribution in [3.63, 3.8) is 0 Å². The minimum atomic E-state index is -0.362. The molecule has 1 amide bonds. The summed E-state index contributed by atoms with van der Waals surface area (Å²) in [5.74, 6) is -0.123. The molecule has 1 aromatic carbocycles. The number of imidazole rings is 1. The first-order chi connectivity index (χ1) is 10.2. The maximum Gasteiger partial charge on any atom is 0.325 e. The summed E-state index contributed by atoms with van der Waals surface area (Å²) < 4.78 is 0. The van der Waals surface area contributed by atoms with E-state index in [-0.39, 0.29) is 11.6 Å². The van der Waals surface area contributed by atoms with Gasteiger partial charge in [-0.1, -0.05) is 18.2 Å². The monoisotopic (exact) mass is 280 g/mol. The van der Waals surface area contributed by atoms with Gasteiger partial charge in [0.2, 0.25) is 0 Å². The predicted octanol–water partition coefficient (Wildman–Crippen LogP) is 1.45. The first-order valence-electron chi connectivity index (χ1n) is 6.71. The zero-order valence-electron chi connectivity index (χ0n) is 11.1. The van der Waals surface area contributed by atoms with Crippen LogP contribution in [0.5, 0.6) is 0 Å². The Balaban J connectivity index is 1.83. The van der Waals surface area contributed by atoms with Gasteiger partial charge in [-0.15, -0.1) is 0 Å². The summed E-state index contributed by atoms with van der Waals surface area (Å²) in [7, 11) is 0. The Morgan fingerprint density at radius 2 is 2.05 bits per heavy atom. The van der Waals surface area contributed by atoms with E-state index >= 15 is 0 Å². The fraction of sp³-hybridized carbons (Fsp3) is 0.133. The minimum absolute atomic E-state index is 0.123. The van der Waals surface area contributed by atoms with Crippen molar-refractivity contribution in [1.82, 2.24) is 15.0 Å². The summed E-state index contributed by atoms with van der Waals surface area (Å²) in [4.78, 5) is 35.2. The average molecular weight is 280 g/mol. The van der Waals surface area contributed by atoms with Gasteiger partial charge in [-0.2, -0.15) is 0 Å². The molecule has 6 heteroatoms. The van der Waals surface area contributed by atoms with Crippen molar-refractivity contribution in [1.29, 1.82) is 0 Å². The Kier molecular flexibility index (Phi) is 2.44. The Bertz CT molecular complexity index is 909. The van der Waals surface area contributed by atoms with Crippen molar-refractivity contribution in [2.45, 2.75) is 6.42 Å². The lowest BCUT2D eigenvalue weighted by Crippen LogP contribution is -2.29. The van der Waals surface area contributed by atoms with Crippen LogP contribution in [0.1, 0.15) is 15.9 Å². The number of nitrogens with one attached hydrogen (secondary N) is 2. The number of carbonyl (C=O) groups excluding carboxylic acids is 1. The van der Waals surface area contributed by atoms with Crippen molar-refractivity contribution in [2.24, 2.45) is 0 Å². The van der Waals surface area contributed by atoms with Gasteiger partial charge < -0.3 is 9.88 Å². The molecular weight excluding hydrogens is 268 g/mol. The lowest BCUT2D eigenvalue weighted by atomic mass is 10.1. The van der Waals surface area contributed by atoms with Crippen LogP contribution in [0.25, 0.3) is 11.2 Å². The number of rotatable bonds is 1. The molecule has 104 valence electrons. The summed E-state index contributed by atoms with van der Waals surface area (Å²) in [6.45, 7) is 0.649. The number of fused-ring (bicyclic) bond motifs is 2. The Morgan fingerprint density at radius 1 is 1.19 bits per heavy atom. The van der Waals surface area contributed by atoms with E-state index in [1.165, 1.54) is 11.8 Å². The van der Waals surface area contributed by atoms with Crippen LogP contribution in [0.2, 0.25) is 0 Å². The van der Waals surface area contributed by atoms with Gasteiger partial charge in [0, 0.05) is 18.4 Å². The van der Waals surface area contributed by atoms with E-state index in [9.17, 15) is 9.59 Å². The number of H-pyrrole nitrogens is 2. The largest absolute Gasteiger partial charge is 0.325 e. The van der Waals surface area contributed by atoms with Crippen LogP contribution in [-0.2, 0) is 6.42 Å². The van der Waals surface area contributed by atoms with E-state index in [1.807, 2.05) is 24.3 Å². The summed E-state index contributed by atoms with van der Waals surface area (Å²) in [6, 6.07) is 9.50. The molecule has 0 fully saturated rings. The van der Waals surface area contributed by atoms with Crippen LogP contribution in [0.3, 0.4) is 0 Å². The predicted molar refractivity (Wildman–Crippen MR) is 78.5 cm³/mol. The average Bonchev–Trinajstić information content (AvgIpc) is 3.08. The molecular formula is C15H12N4O2. The Hall–Kier alpha value is -2.89. The molecule has 0 aliphatic carbocycles. The molecule has 0 unspecified atom stereocenters. The molecule has 3 aromatic rings. The number of aromatic amines is 2. The van der Waals surface area contributed by atoms with Gasteiger partial charge in [-0.25, -0.2) is 9.78 Å². The molecule has 0 radical (unpaired) electrons. The zero-order chi connectivity index (χ0) is 14.4. The van der Waals surface area contributed by atoms with Crippen molar-refractivity contribution in [2.75, 3.05) is 11.4 Å². The maximum atomic E-state index is 12.8. The van der Waals surface area contributed by atoms with E-state index in [0.717, 1.165) is 12.1 Å². The number of benzene rings is 1. The lowest BCUT2D eigenvalue weighted by Gasteiger charge is -2.17. The number of hydrogen-bond acceptors (Lipinski definition) is 3. The van der Waals surface area contributed by atoms with Crippen LogP contribution >= 0.6 is 0 Å². The van der Waals surface area contributed by atoms with E-state index < -0.39 is 0 Å². The third kappa shape index (κ3) is 1.76. The van der Waals surface area contributed by atoms with Gasteiger partial charge in [-0.05, 0) is 24.1 Å². The quantitative estimate of drug-likeness (QED) is 0.708. The number of nitrogens with zero attached hydrogens (tertiary/aromatic N) is 2. The number of amides is 1. The number of carbonyl (C=O) groups is 1.